The minimum absolute atomic E-state index is 0.215. The van der Waals surface area contributed by atoms with Gasteiger partial charge in [0, 0.05) is 6.42 Å². The Morgan fingerprint density at radius 3 is 1.60 bits per heavy atom. The van der Waals surface area contributed by atoms with E-state index in [2.05, 4.69) is 36.5 Å². The molecule has 1 aliphatic heterocycles. The summed E-state index contributed by atoms with van der Waals surface area (Å²) in [4.78, 5) is 12.0. The number of aliphatic hydroxyl groups excluding tert-OH is 5. The number of nitrogens with one attached hydrogen (secondary N) is 1. The van der Waals surface area contributed by atoms with Gasteiger partial charge in [0.05, 0.1) is 25.4 Å². The van der Waals surface area contributed by atoms with E-state index >= 15 is 0 Å². The summed E-state index contributed by atoms with van der Waals surface area (Å²) in [7, 11) is 0. The summed E-state index contributed by atoms with van der Waals surface area (Å²) < 4.78 is 10.9. The van der Waals surface area contributed by atoms with Crippen molar-refractivity contribution < 1.29 is 39.8 Å². The molecular weight excluding hydrogens is 634 g/mol. The van der Waals surface area contributed by atoms with E-state index in [9.17, 15) is 30.3 Å². The van der Waals surface area contributed by atoms with Gasteiger partial charge in [-0.2, -0.15) is 0 Å². The molecule has 1 heterocycles. The smallest absolute Gasteiger partial charge is 0.220 e. The van der Waals surface area contributed by atoms with Crippen molar-refractivity contribution in [2.45, 2.75) is 204 Å². The molecule has 7 atom stereocenters. The van der Waals surface area contributed by atoms with Crippen LogP contribution >= 0.6 is 0 Å². The maximum atomic E-state index is 12.0. The largest absolute Gasteiger partial charge is 0.394 e. The van der Waals surface area contributed by atoms with Gasteiger partial charge in [0.15, 0.2) is 6.29 Å². The van der Waals surface area contributed by atoms with Crippen molar-refractivity contribution in [3.8, 4) is 0 Å². The van der Waals surface area contributed by atoms with Crippen molar-refractivity contribution in [3.63, 3.8) is 0 Å². The van der Waals surface area contributed by atoms with Crippen LogP contribution in [0, 0.1) is 0 Å². The number of rotatable bonds is 32. The zero-order valence-corrected chi connectivity index (χ0v) is 31.6. The normalized spacial score (nSPS) is 22.6. The molecule has 1 fully saturated rings. The number of unbranched alkanes of at least 4 members (excludes halogenated alkanes) is 19. The summed E-state index contributed by atoms with van der Waals surface area (Å²) in [5.74, 6) is -0.281. The third-order valence-electron chi connectivity index (χ3n) is 9.51. The number of ether oxygens (including phenoxy) is 2. The highest BCUT2D eigenvalue weighted by Gasteiger charge is 2.44. The molecule has 0 aromatic heterocycles. The minimum Gasteiger partial charge on any atom is -0.394 e. The highest BCUT2D eigenvalue weighted by atomic mass is 16.7. The van der Waals surface area contributed by atoms with Crippen LogP contribution in [0.1, 0.15) is 162 Å². The molecule has 9 nitrogen and oxygen atoms in total. The summed E-state index contributed by atoms with van der Waals surface area (Å²) in [6.45, 7) is 3.19. The van der Waals surface area contributed by atoms with E-state index in [4.69, 9.17) is 9.47 Å². The second kappa shape index (κ2) is 32.1. The highest BCUT2D eigenvalue weighted by molar-refractivity contribution is 5.75. The van der Waals surface area contributed by atoms with E-state index < -0.39 is 49.5 Å². The fourth-order valence-corrected chi connectivity index (χ4v) is 6.15. The quantitative estimate of drug-likeness (QED) is 0.0314. The van der Waals surface area contributed by atoms with Crippen LogP contribution in [-0.4, -0.2) is 87.5 Å². The first-order valence-electron chi connectivity index (χ1n) is 20.2. The molecule has 1 aliphatic rings. The fraction of sp³-hybridized carbons (Fsp3) is 0.829. The molecule has 7 unspecified atom stereocenters. The summed E-state index contributed by atoms with van der Waals surface area (Å²) in [6, 6.07) is -0.822. The molecular formula is C41H75NO8. The van der Waals surface area contributed by atoms with Gasteiger partial charge in [-0.25, -0.2) is 0 Å². The number of carbonyl (C=O) groups excluding carboxylic acids is 1. The van der Waals surface area contributed by atoms with Crippen LogP contribution in [0.15, 0.2) is 36.5 Å². The van der Waals surface area contributed by atoms with Gasteiger partial charge in [-0.15, -0.1) is 0 Å². The number of hydrogen-bond acceptors (Lipinski definition) is 8. The maximum absolute atomic E-state index is 12.0. The average molecular weight is 710 g/mol. The Morgan fingerprint density at radius 1 is 0.660 bits per heavy atom. The molecule has 1 amide bonds. The lowest BCUT2D eigenvalue weighted by atomic mass is 9.99. The molecule has 0 radical (unpaired) electrons. The molecule has 1 saturated heterocycles. The zero-order valence-electron chi connectivity index (χ0n) is 31.6. The van der Waals surface area contributed by atoms with E-state index in [1.807, 2.05) is 6.08 Å². The van der Waals surface area contributed by atoms with Crippen molar-refractivity contribution in [1.29, 1.82) is 0 Å². The summed E-state index contributed by atoms with van der Waals surface area (Å²) in [5.41, 5.74) is 0. The van der Waals surface area contributed by atoms with Gasteiger partial charge in [-0.1, -0.05) is 153 Å². The van der Waals surface area contributed by atoms with Crippen molar-refractivity contribution in [1.82, 2.24) is 5.32 Å². The van der Waals surface area contributed by atoms with Crippen LogP contribution in [-0.2, 0) is 14.3 Å². The highest BCUT2D eigenvalue weighted by Crippen LogP contribution is 2.22. The van der Waals surface area contributed by atoms with Gasteiger partial charge in [-0.3, -0.25) is 4.79 Å². The molecule has 0 aliphatic carbocycles. The maximum Gasteiger partial charge on any atom is 0.220 e. The van der Waals surface area contributed by atoms with Crippen molar-refractivity contribution in [3.05, 3.63) is 36.5 Å². The molecule has 0 spiro atoms. The van der Waals surface area contributed by atoms with E-state index in [0.717, 1.165) is 25.7 Å². The molecule has 0 aromatic rings. The second-order valence-corrected chi connectivity index (χ2v) is 14.0. The van der Waals surface area contributed by atoms with Crippen LogP contribution < -0.4 is 5.32 Å². The Hall–Kier alpha value is -1.59. The lowest BCUT2D eigenvalue weighted by Gasteiger charge is -2.40. The Labute approximate surface area is 304 Å². The minimum atomic E-state index is -1.57. The molecule has 0 bridgehead atoms. The Balaban J connectivity index is 2.08. The fourth-order valence-electron chi connectivity index (χ4n) is 6.15. The van der Waals surface area contributed by atoms with Gasteiger partial charge in [0.2, 0.25) is 5.91 Å². The first-order valence-corrected chi connectivity index (χ1v) is 20.2. The van der Waals surface area contributed by atoms with Crippen LogP contribution in [0.3, 0.4) is 0 Å². The molecule has 292 valence electrons. The number of carbonyl (C=O) groups is 1. The van der Waals surface area contributed by atoms with E-state index in [1.165, 1.54) is 116 Å². The monoisotopic (exact) mass is 710 g/mol. The van der Waals surface area contributed by atoms with Gasteiger partial charge < -0.3 is 40.3 Å². The van der Waals surface area contributed by atoms with E-state index in [0.29, 0.717) is 0 Å². The second-order valence-electron chi connectivity index (χ2n) is 14.0. The van der Waals surface area contributed by atoms with Gasteiger partial charge >= 0.3 is 0 Å². The van der Waals surface area contributed by atoms with Gasteiger partial charge in [-0.05, 0) is 38.5 Å². The average Bonchev–Trinajstić information content (AvgIpc) is 3.12. The molecule has 1 rings (SSSR count). The summed E-state index contributed by atoms with van der Waals surface area (Å²) in [5, 5.41) is 52.9. The standard InChI is InChI=1S/C41H75NO8/c1-3-5-6-7-8-9-10-11-12-13-14-15-16-17-18-19-20-21-22-23-24-25-26-27-28-29-30-31-35(44)34(42-37(45)4-2)33-49-41-40(48)39(47)38(46)36(32-43)50-41/h22-23,26-27,30-31,34-36,38-41,43-44,46-48H,3-21,24-25,28-29,32-33H2,1-2H3,(H,42,45)/b23-22+,27-26+,31-30+. The summed E-state index contributed by atoms with van der Waals surface area (Å²) >= 11 is 0. The number of allylic oxidation sites excluding steroid dienone is 5. The van der Waals surface area contributed by atoms with Crippen molar-refractivity contribution >= 4 is 5.91 Å². The first kappa shape index (κ1) is 46.4. The number of amides is 1. The Morgan fingerprint density at radius 2 is 1.12 bits per heavy atom. The topological polar surface area (TPSA) is 149 Å². The molecule has 9 heteroatoms. The van der Waals surface area contributed by atoms with Crippen LogP contribution in [0.25, 0.3) is 0 Å². The number of hydrogen-bond donors (Lipinski definition) is 6. The zero-order chi connectivity index (χ0) is 36.7. The lowest BCUT2D eigenvalue weighted by Crippen LogP contribution is -2.60. The third kappa shape index (κ3) is 23.1. The summed E-state index contributed by atoms with van der Waals surface area (Å²) in [6.07, 6.45) is 33.1. The van der Waals surface area contributed by atoms with Crippen molar-refractivity contribution in [2.24, 2.45) is 0 Å². The Bertz CT molecular complexity index is 879. The van der Waals surface area contributed by atoms with E-state index in [-0.39, 0.29) is 18.9 Å². The van der Waals surface area contributed by atoms with Crippen molar-refractivity contribution in [2.75, 3.05) is 13.2 Å². The number of aliphatic hydroxyl groups is 5. The third-order valence-corrected chi connectivity index (χ3v) is 9.51. The lowest BCUT2D eigenvalue weighted by molar-refractivity contribution is -0.302. The molecule has 0 saturated carbocycles. The molecule has 0 aromatic carbocycles. The van der Waals surface area contributed by atoms with E-state index in [1.54, 1.807) is 13.0 Å². The van der Waals surface area contributed by atoms with Gasteiger partial charge in [0.1, 0.15) is 24.4 Å². The predicted molar refractivity (Wildman–Crippen MR) is 203 cm³/mol. The first-order chi connectivity index (χ1) is 24.3. The predicted octanol–water partition coefficient (Wildman–Crippen LogP) is 7.33. The van der Waals surface area contributed by atoms with Gasteiger partial charge in [0.25, 0.3) is 0 Å². The SMILES string of the molecule is CCCCCCCCCCCCCCCCCCC/C=C/CC/C=C/CC/C=C/C(O)C(COC1OC(CO)C(O)C(O)C1O)NC(=O)CC. The van der Waals surface area contributed by atoms with Crippen LogP contribution in [0.4, 0.5) is 0 Å². The molecule has 50 heavy (non-hydrogen) atoms. The Kier molecular flexibility index (Phi) is 29.8. The van der Waals surface area contributed by atoms with Crippen LogP contribution in [0.2, 0.25) is 0 Å². The molecule has 6 N–H and O–H groups in total. The van der Waals surface area contributed by atoms with Crippen LogP contribution in [0.5, 0.6) is 0 Å².